The first kappa shape index (κ1) is 28.1. The molecule has 18 heteroatoms. The summed E-state index contributed by atoms with van der Waals surface area (Å²) in [5.74, 6) is -3.32. The van der Waals surface area contributed by atoms with Gasteiger partial charge in [0.2, 0.25) is 17.7 Å². The summed E-state index contributed by atoms with van der Waals surface area (Å²) in [6, 6.07) is 4.48. The standard InChI is InChI=1S/C18H12F9N5O4/c19-16(20,21)8-34-12-7-13(35-9-17(22,23)24)30-14(29-12)31-15(33)32(6-5-28)10-1-3-11(4-2-10)36-18(25,26)27/h1-4,7H,6,8-9H2,(H,29,30,31,33). The average Bonchev–Trinajstić information content (AvgIpc) is 2.73. The second-order valence-electron chi connectivity index (χ2n) is 6.39. The molecule has 196 valence electrons. The summed E-state index contributed by atoms with van der Waals surface area (Å²) < 4.78 is 124. The molecule has 0 atom stereocenters. The number of nitriles is 1. The molecule has 36 heavy (non-hydrogen) atoms. The number of anilines is 2. The molecule has 1 aromatic carbocycles. The van der Waals surface area contributed by atoms with Crippen LogP contribution in [0, 0.1) is 11.3 Å². The van der Waals surface area contributed by atoms with Crippen molar-refractivity contribution in [3.63, 3.8) is 0 Å². The normalized spacial score (nSPS) is 11.9. The van der Waals surface area contributed by atoms with Crippen LogP contribution in [-0.4, -0.2) is 54.5 Å². The highest BCUT2D eigenvalue weighted by molar-refractivity contribution is 6.01. The van der Waals surface area contributed by atoms with Gasteiger partial charge in [0, 0.05) is 5.69 Å². The van der Waals surface area contributed by atoms with Gasteiger partial charge < -0.3 is 14.2 Å². The maximum absolute atomic E-state index is 12.6. The topological polar surface area (TPSA) is 110 Å². The monoisotopic (exact) mass is 533 g/mol. The molecule has 2 aromatic rings. The fraction of sp³-hybridized carbons (Fsp3) is 0.333. The SMILES string of the molecule is N#CCN(C(=O)Nc1nc(OCC(F)(F)F)cc(OCC(F)(F)F)n1)c1ccc(OC(F)(F)F)cc1. The van der Waals surface area contributed by atoms with Crippen molar-refractivity contribution in [2.45, 2.75) is 18.7 Å². The van der Waals surface area contributed by atoms with Crippen molar-refractivity contribution < 1.29 is 58.5 Å². The summed E-state index contributed by atoms with van der Waals surface area (Å²) in [5.41, 5.74) is -0.137. The number of rotatable bonds is 8. The van der Waals surface area contributed by atoms with E-state index in [2.05, 4.69) is 24.2 Å². The summed E-state index contributed by atoms with van der Waals surface area (Å²) in [4.78, 5) is 20.1. The first-order chi connectivity index (χ1) is 16.5. The maximum atomic E-state index is 12.6. The van der Waals surface area contributed by atoms with Crippen molar-refractivity contribution in [1.82, 2.24) is 9.97 Å². The van der Waals surface area contributed by atoms with E-state index < -0.39 is 68.0 Å². The predicted molar refractivity (Wildman–Crippen MR) is 100 cm³/mol. The number of aromatic nitrogens is 2. The molecule has 0 aliphatic rings. The molecule has 0 saturated carbocycles. The van der Waals surface area contributed by atoms with Crippen molar-refractivity contribution >= 4 is 17.7 Å². The van der Waals surface area contributed by atoms with Gasteiger partial charge in [-0.3, -0.25) is 10.2 Å². The van der Waals surface area contributed by atoms with Gasteiger partial charge in [0.05, 0.1) is 12.1 Å². The van der Waals surface area contributed by atoms with Crippen LogP contribution >= 0.6 is 0 Å². The minimum absolute atomic E-state index is 0.137. The molecule has 0 aliphatic heterocycles. The lowest BCUT2D eigenvalue weighted by Gasteiger charge is -2.20. The fourth-order valence-electron chi connectivity index (χ4n) is 2.26. The number of hydrogen-bond donors (Lipinski definition) is 1. The van der Waals surface area contributed by atoms with Crippen molar-refractivity contribution in [2.75, 3.05) is 30.0 Å². The number of halogens is 9. The summed E-state index contributed by atoms with van der Waals surface area (Å²) in [7, 11) is 0. The Balaban J connectivity index is 2.27. The van der Waals surface area contributed by atoms with E-state index in [1.54, 1.807) is 6.07 Å². The Morgan fingerprint density at radius 3 is 1.83 bits per heavy atom. The van der Waals surface area contributed by atoms with Crippen LogP contribution in [0.5, 0.6) is 17.5 Å². The lowest BCUT2D eigenvalue weighted by molar-refractivity contribution is -0.274. The highest BCUT2D eigenvalue weighted by Crippen LogP contribution is 2.27. The lowest BCUT2D eigenvalue weighted by Crippen LogP contribution is -2.36. The number of alkyl halides is 9. The van der Waals surface area contributed by atoms with Crippen molar-refractivity contribution in [2.24, 2.45) is 0 Å². The molecule has 0 spiro atoms. The minimum Gasteiger partial charge on any atom is -0.468 e. The zero-order chi connectivity index (χ0) is 27.1. The van der Waals surface area contributed by atoms with Crippen molar-refractivity contribution in [3.05, 3.63) is 30.3 Å². The van der Waals surface area contributed by atoms with Crippen LogP contribution in [0.1, 0.15) is 0 Å². The van der Waals surface area contributed by atoms with Crippen LogP contribution in [-0.2, 0) is 0 Å². The van der Waals surface area contributed by atoms with E-state index in [1.807, 2.05) is 5.32 Å². The van der Waals surface area contributed by atoms with E-state index >= 15 is 0 Å². The Labute approximate surface area is 195 Å². The second-order valence-corrected chi connectivity index (χ2v) is 6.39. The number of urea groups is 1. The molecule has 0 radical (unpaired) electrons. The van der Waals surface area contributed by atoms with Crippen LogP contribution < -0.4 is 24.4 Å². The van der Waals surface area contributed by atoms with Crippen molar-refractivity contribution in [1.29, 1.82) is 5.26 Å². The zero-order valence-corrected chi connectivity index (χ0v) is 17.3. The third kappa shape index (κ3) is 9.99. The number of carbonyl (C=O) groups excluding carboxylic acids is 1. The molecule has 0 saturated heterocycles. The number of carbonyl (C=O) groups is 1. The van der Waals surface area contributed by atoms with Gasteiger partial charge in [0.15, 0.2) is 13.2 Å². The molecule has 1 heterocycles. The maximum Gasteiger partial charge on any atom is 0.573 e. The predicted octanol–water partition coefficient (Wildman–Crippen LogP) is 4.82. The Hall–Kier alpha value is -4.17. The lowest BCUT2D eigenvalue weighted by atomic mass is 10.3. The van der Waals surface area contributed by atoms with E-state index in [0.717, 1.165) is 24.3 Å². The fourth-order valence-corrected chi connectivity index (χ4v) is 2.26. The van der Waals surface area contributed by atoms with Gasteiger partial charge in [0.25, 0.3) is 0 Å². The Kier molecular flexibility index (Phi) is 8.61. The quantitative estimate of drug-likeness (QED) is 0.383. The van der Waals surface area contributed by atoms with Gasteiger partial charge in [-0.2, -0.15) is 41.6 Å². The third-order valence-electron chi connectivity index (χ3n) is 3.52. The van der Waals surface area contributed by atoms with Crippen LogP contribution in [0.15, 0.2) is 30.3 Å². The van der Waals surface area contributed by atoms with Gasteiger partial charge >= 0.3 is 24.7 Å². The molecule has 9 nitrogen and oxygen atoms in total. The Bertz CT molecular complexity index is 1050. The molecule has 0 bridgehead atoms. The molecular formula is C18H12F9N5O4. The third-order valence-corrected chi connectivity index (χ3v) is 3.52. The second kappa shape index (κ2) is 11.0. The summed E-state index contributed by atoms with van der Waals surface area (Å²) >= 11 is 0. The first-order valence-corrected chi connectivity index (χ1v) is 9.14. The first-order valence-electron chi connectivity index (χ1n) is 9.14. The Morgan fingerprint density at radius 2 is 1.42 bits per heavy atom. The van der Waals surface area contributed by atoms with Gasteiger partial charge in [-0.15, -0.1) is 13.2 Å². The molecule has 2 amide bonds. The molecule has 0 unspecified atom stereocenters. The average molecular weight is 533 g/mol. The summed E-state index contributed by atoms with van der Waals surface area (Å²) in [6.07, 6.45) is -14.7. The molecule has 0 fully saturated rings. The molecule has 2 rings (SSSR count). The summed E-state index contributed by atoms with van der Waals surface area (Å²) in [6.45, 7) is -4.46. The van der Waals surface area contributed by atoms with E-state index in [-0.39, 0.29) is 5.69 Å². The molecule has 1 N–H and O–H groups in total. The van der Waals surface area contributed by atoms with Gasteiger partial charge in [-0.05, 0) is 24.3 Å². The number of hydrogen-bond acceptors (Lipinski definition) is 7. The number of nitrogens with one attached hydrogen (secondary N) is 1. The van der Waals surface area contributed by atoms with Gasteiger partial charge in [0.1, 0.15) is 12.3 Å². The van der Waals surface area contributed by atoms with E-state index in [1.165, 1.54) is 0 Å². The number of ether oxygens (including phenoxy) is 3. The highest BCUT2D eigenvalue weighted by Gasteiger charge is 2.32. The van der Waals surface area contributed by atoms with E-state index in [0.29, 0.717) is 11.0 Å². The van der Waals surface area contributed by atoms with Gasteiger partial charge in [-0.25, -0.2) is 4.79 Å². The smallest absolute Gasteiger partial charge is 0.468 e. The number of amides is 2. The number of nitrogens with zero attached hydrogens (tertiary/aromatic N) is 4. The van der Waals surface area contributed by atoms with Crippen LogP contribution in [0.2, 0.25) is 0 Å². The van der Waals surface area contributed by atoms with E-state index in [9.17, 15) is 44.3 Å². The zero-order valence-electron chi connectivity index (χ0n) is 17.3. The Morgan fingerprint density at radius 1 is 0.917 bits per heavy atom. The minimum atomic E-state index is -4.99. The van der Waals surface area contributed by atoms with Crippen LogP contribution in [0.25, 0.3) is 0 Å². The largest absolute Gasteiger partial charge is 0.573 e. The van der Waals surface area contributed by atoms with Gasteiger partial charge in [-0.1, -0.05) is 0 Å². The van der Waals surface area contributed by atoms with Crippen molar-refractivity contribution in [3.8, 4) is 23.6 Å². The molecule has 0 aliphatic carbocycles. The molecule has 1 aromatic heterocycles. The van der Waals surface area contributed by atoms with Crippen LogP contribution in [0.3, 0.4) is 0 Å². The van der Waals surface area contributed by atoms with E-state index in [4.69, 9.17) is 5.26 Å². The summed E-state index contributed by atoms with van der Waals surface area (Å²) in [5, 5.41) is 10.9. The number of benzene rings is 1. The van der Waals surface area contributed by atoms with Crippen LogP contribution in [0.4, 0.5) is 55.9 Å². The highest BCUT2D eigenvalue weighted by atomic mass is 19.4. The molecular weight excluding hydrogens is 521 g/mol.